The molecule has 1 aromatic carbocycles. The van der Waals surface area contributed by atoms with Gasteiger partial charge in [0.2, 0.25) is 0 Å². The van der Waals surface area contributed by atoms with Gasteiger partial charge in [0.15, 0.2) is 0 Å². The summed E-state index contributed by atoms with van der Waals surface area (Å²) < 4.78 is 13.6. The van der Waals surface area contributed by atoms with Crippen LogP contribution in [0.1, 0.15) is 36.0 Å². The van der Waals surface area contributed by atoms with E-state index in [0.29, 0.717) is 12.6 Å². The van der Waals surface area contributed by atoms with E-state index >= 15 is 0 Å². The number of carbonyl (C=O) groups is 1. The van der Waals surface area contributed by atoms with Crippen molar-refractivity contribution in [2.24, 2.45) is 0 Å². The average molecular weight is 280 g/mol. The first-order valence-corrected chi connectivity index (χ1v) is 7.06. The molecule has 2 N–H and O–H groups in total. The van der Waals surface area contributed by atoms with Crippen molar-refractivity contribution in [1.29, 1.82) is 0 Å². The standard InChI is InChI=1S/C15H21FN2O2/c1-18(10-8-11-5-2-3-9-17-11)15(20)14-12(16)6-4-7-13(14)19/h4,6-7,11,17,19H,2-3,5,8-10H2,1H3. The van der Waals surface area contributed by atoms with Crippen molar-refractivity contribution in [2.75, 3.05) is 20.1 Å². The van der Waals surface area contributed by atoms with E-state index in [1.165, 1.54) is 35.9 Å². The first kappa shape index (κ1) is 14.8. The lowest BCUT2D eigenvalue weighted by Gasteiger charge is -2.26. The maximum Gasteiger partial charge on any atom is 0.260 e. The van der Waals surface area contributed by atoms with E-state index in [0.717, 1.165) is 19.4 Å². The smallest absolute Gasteiger partial charge is 0.260 e. The molecule has 0 aromatic heterocycles. The molecule has 5 heteroatoms. The van der Waals surface area contributed by atoms with Crippen LogP contribution in [0.4, 0.5) is 4.39 Å². The molecule has 4 nitrogen and oxygen atoms in total. The second kappa shape index (κ2) is 6.70. The van der Waals surface area contributed by atoms with E-state index in [4.69, 9.17) is 0 Å². The first-order valence-electron chi connectivity index (χ1n) is 7.06. The zero-order valence-corrected chi connectivity index (χ0v) is 11.7. The normalized spacial score (nSPS) is 18.8. The predicted molar refractivity (Wildman–Crippen MR) is 75.3 cm³/mol. The topological polar surface area (TPSA) is 52.6 Å². The second-order valence-electron chi connectivity index (χ2n) is 5.30. The Morgan fingerprint density at radius 2 is 2.30 bits per heavy atom. The van der Waals surface area contributed by atoms with E-state index < -0.39 is 11.7 Å². The van der Waals surface area contributed by atoms with Gasteiger partial charge in [-0.3, -0.25) is 4.79 Å². The van der Waals surface area contributed by atoms with Crippen molar-refractivity contribution in [3.05, 3.63) is 29.6 Å². The molecular formula is C15H21FN2O2. The van der Waals surface area contributed by atoms with Crippen LogP contribution in [0.2, 0.25) is 0 Å². The summed E-state index contributed by atoms with van der Waals surface area (Å²) in [7, 11) is 1.64. The molecule has 0 bridgehead atoms. The quantitative estimate of drug-likeness (QED) is 0.888. The SMILES string of the molecule is CN(CCC1CCCCN1)C(=O)c1c(O)cccc1F. The Morgan fingerprint density at radius 3 is 2.95 bits per heavy atom. The Kier molecular flexibility index (Phi) is 4.95. The predicted octanol–water partition coefficient (Wildman–Crippen LogP) is 2.14. The van der Waals surface area contributed by atoms with Gasteiger partial charge in [0.05, 0.1) is 0 Å². The van der Waals surface area contributed by atoms with E-state index in [9.17, 15) is 14.3 Å². The molecule has 1 amide bonds. The molecule has 1 fully saturated rings. The van der Waals surface area contributed by atoms with Crippen molar-refractivity contribution < 1.29 is 14.3 Å². The number of piperidine rings is 1. The van der Waals surface area contributed by atoms with E-state index in [1.807, 2.05) is 0 Å². The molecule has 0 radical (unpaired) electrons. The maximum absolute atomic E-state index is 13.6. The molecule has 1 heterocycles. The lowest BCUT2D eigenvalue weighted by Crippen LogP contribution is -2.38. The Morgan fingerprint density at radius 1 is 1.50 bits per heavy atom. The third-order valence-corrected chi connectivity index (χ3v) is 3.78. The summed E-state index contributed by atoms with van der Waals surface area (Å²) in [5, 5.41) is 13.0. The molecule has 0 spiro atoms. The van der Waals surface area contributed by atoms with Crippen molar-refractivity contribution in [1.82, 2.24) is 10.2 Å². The van der Waals surface area contributed by atoms with Gasteiger partial charge in [-0.05, 0) is 37.9 Å². The summed E-state index contributed by atoms with van der Waals surface area (Å²) >= 11 is 0. The molecule has 110 valence electrons. The molecule has 2 rings (SSSR count). The van der Waals surface area contributed by atoms with Crippen LogP contribution in [-0.4, -0.2) is 42.1 Å². The highest BCUT2D eigenvalue weighted by Crippen LogP contribution is 2.21. The fraction of sp³-hybridized carbons (Fsp3) is 0.533. The Balaban J connectivity index is 1.94. The fourth-order valence-electron chi connectivity index (χ4n) is 2.54. The minimum absolute atomic E-state index is 0.244. The third-order valence-electron chi connectivity index (χ3n) is 3.78. The zero-order valence-electron chi connectivity index (χ0n) is 11.7. The van der Waals surface area contributed by atoms with Crippen LogP contribution in [0.5, 0.6) is 5.75 Å². The van der Waals surface area contributed by atoms with Gasteiger partial charge in [0.25, 0.3) is 5.91 Å². The van der Waals surface area contributed by atoms with Gasteiger partial charge in [0, 0.05) is 19.6 Å². The molecular weight excluding hydrogens is 259 g/mol. The van der Waals surface area contributed by atoms with Crippen LogP contribution in [0.15, 0.2) is 18.2 Å². The summed E-state index contributed by atoms with van der Waals surface area (Å²) in [5.41, 5.74) is -0.244. The third kappa shape index (κ3) is 3.48. The molecule has 1 aromatic rings. The number of aromatic hydroxyl groups is 1. The van der Waals surface area contributed by atoms with Gasteiger partial charge in [-0.2, -0.15) is 0 Å². The number of rotatable bonds is 4. The highest BCUT2D eigenvalue weighted by atomic mass is 19.1. The summed E-state index contributed by atoms with van der Waals surface area (Å²) in [6.45, 7) is 1.57. The van der Waals surface area contributed by atoms with Crippen LogP contribution < -0.4 is 5.32 Å². The lowest BCUT2D eigenvalue weighted by molar-refractivity contribution is 0.0780. The zero-order chi connectivity index (χ0) is 14.5. The minimum Gasteiger partial charge on any atom is -0.507 e. The summed E-state index contributed by atoms with van der Waals surface area (Å²) in [6.07, 6.45) is 4.38. The number of hydrogen-bond acceptors (Lipinski definition) is 3. The number of phenols is 1. The van der Waals surface area contributed by atoms with E-state index in [1.54, 1.807) is 7.05 Å². The van der Waals surface area contributed by atoms with Crippen molar-refractivity contribution in [2.45, 2.75) is 31.7 Å². The number of carbonyl (C=O) groups excluding carboxylic acids is 1. The van der Waals surface area contributed by atoms with Crippen LogP contribution in [0.3, 0.4) is 0 Å². The van der Waals surface area contributed by atoms with Gasteiger partial charge in [-0.15, -0.1) is 0 Å². The molecule has 1 aliphatic heterocycles. The van der Waals surface area contributed by atoms with Crippen LogP contribution in [0.25, 0.3) is 0 Å². The fourth-order valence-corrected chi connectivity index (χ4v) is 2.54. The second-order valence-corrected chi connectivity index (χ2v) is 5.30. The van der Waals surface area contributed by atoms with Crippen LogP contribution in [-0.2, 0) is 0 Å². The number of halogens is 1. The van der Waals surface area contributed by atoms with Gasteiger partial charge in [0.1, 0.15) is 17.1 Å². The average Bonchev–Trinajstić information content (AvgIpc) is 2.45. The molecule has 1 aliphatic rings. The lowest BCUT2D eigenvalue weighted by atomic mass is 10.0. The van der Waals surface area contributed by atoms with Crippen molar-refractivity contribution in [3.8, 4) is 5.75 Å². The minimum atomic E-state index is -0.683. The highest BCUT2D eigenvalue weighted by molar-refractivity contribution is 5.96. The van der Waals surface area contributed by atoms with Crippen molar-refractivity contribution >= 4 is 5.91 Å². The maximum atomic E-state index is 13.6. The van der Waals surface area contributed by atoms with E-state index in [-0.39, 0.29) is 11.3 Å². The molecule has 0 saturated carbocycles. The Labute approximate surface area is 118 Å². The Hall–Kier alpha value is -1.62. The summed E-state index contributed by atoms with van der Waals surface area (Å²) in [6, 6.07) is 4.32. The van der Waals surface area contributed by atoms with E-state index in [2.05, 4.69) is 5.32 Å². The highest BCUT2D eigenvalue weighted by Gasteiger charge is 2.21. The summed E-state index contributed by atoms with van der Waals surface area (Å²) in [5.74, 6) is -1.47. The largest absolute Gasteiger partial charge is 0.507 e. The molecule has 1 unspecified atom stereocenters. The van der Waals surface area contributed by atoms with Gasteiger partial charge < -0.3 is 15.3 Å². The van der Waals surface area contributed by atoms with Gasteiger partial charge in [-0.25, -0.2) is 4.39 Å². The number of benzene rings is 1. The number of hydrogen-bond donors (Lipinski definition) is 2. The monoisotopic (exact) mass is 280 g/mol. The molecule has 20 heavy (non-hydrogen) atoms. The van der Waals surface area contributed by atoms with Crippen LogP contribution >= 0.6 is 0 Å². The number of phenolic OH excluding ortho intramolecular Hbond substituents is 1. The number of nitrogens with one attached hydrogen (secondary N) is 1. The van der Waals surface area contributed by atoms with Crippen LogP contribution in [0, 0.1) is 5.82 Å². The van der Waals surface area contributed by atoms with Crippen molar-refractivity contribution in [3.63, 3.8) is 0 Å². The first-order chi connectivity index (χ1) is 9.59. The molecule has 1 atom stereocenters. The van der Waals surface area contributed by atoms with Gasteiger partial charge >= 0.3 is 0 Å². The van der Waals surface area contributed by atoms with Gasteiger partial charge in [-0.1, -0.05) is 12.5 Å². The number of nitrogens with zero attached hydrogens (tertiary/aromatic N) is 1. The molecule has 0 aliphatic carbocycles. The number of amides is 1. The Bertz CT molecular complexity index is 453. The molecule has 1 saturated heterocycles. The summed E-state index contributed by atoms with van der Waals surface area (Å²) in [4.78, 5) is 13.6.